The van der Waals surface area contributed by atoms with Crippen molar-refractivity contribution in [2.45, 2.75) is 25.9 Å². The van der Waals surface area contributed by atoms with Gasteiger partial charge in [-0.25, -0.2) is 0 Å². The van der Waals surface area contributed by atoms with Crippen molar-refractivity contribution in [2.75, 3.05) is 5.88 Å². The zero-order valence-electron chi connectivity index (χ0n) is 11.9. The molecule has 1 nitrogen and oxygen atoms in total. The van der Waals surface area contributed by atoms with E-state index in [-0.39, 0.29) is 0 Å². The quantitative estimate of drug-likeness (QED) is 0.604. The molecule has 2 aromatic carbocycles. The molecule has 0 aromatic heterocycles. The second-order valence-corrected chi connectivity index (χ2v) is 5.48. The highest BCUT2D eigenvalue weighted by Gasteiger charge is 2.10. The molecule has 0 saturated heterocycles. The Balaban J connectivity index is 1.67. The zero-order chi connectivity index (χ0) is 14.5. The molecule has 1 aliphatic carbocycles. The SMILES string of the molecule is ClCC#Cc1cccc(OCc2ccc3c(c2)CCC3)c1. The molecule has 0 amide bonds. The molecule has 106 valence electrons. The summed E-state index contributed by atoms with van der Waals surface area (Å²) in [6.07, 6.45) is 3.70. The fourth-order valence-corrected chi connectivity index (χ4v) is 2.75. The molecule has 21 heavy (non-hydrogen) atoms. The van der Waals surface area contributed by atoms with E-state index >= 15 is 0 Å². The summed E-state index contributed by atoms with van der Waals surface area (Å²) in [5.41, 5.74) is 5.14. The summed E-state index contributed by atoms with van der Waals surface area (Å²) in [6, 6.07) is 14.5. The molecular formula is C19H17ClO. The van der Waals surface area contributed by atoms with Gasteiger partial charge in [-0.3, -0.25) is 0 Å². The molecule has 1 aliphatic rings. The lowest BCUT2D eigenvalue weighted by Crippen LogP contribution is -1.97. The van der Waals surface area contributed by atoms with Crippen LogP contribution in [0.2, 0.25) is 0 Å². The van der Waals surface area contributed by atoms with Gasteiger partial charge in [-0.05, 0) is 54.2 Å². The van der Waals surface area contributed by atoms with Crippen LogP contribution in [0.5, 0.6) is 5.75 Å². The van der Waals surface area contributed by atoms with Crippen molar-refractivity contribution < 1.29 is 4.74 Å². The highest BCUT2D eigenvalue weighted by atomic mass is 35.5. The molecular weight excluding hydrogens is 280 g/mol. The lowest BCUT2D eigenvalue weighted by molar-refractivity contribution is 0.306. The van der Waals surface area contributed by atoms with E-state index in [1.165, 1.54) is 36.0 Å². The topological polar surface area (TPSA) is 9.23 Å². The Morgan fingerprint density at radius 1 is 1.05 bits per heavy atom. The monoisotopic (exact) mass is 296 g/mol. The van der Waals surface area contributed by atoms with Crippen molar-refractivity contribution in [3.63, 3.8) is 0 Å². The van der Waals surface area contributed by atoms with Crippen LogP contribution in [0.25, 0.3) is 0 Å². The van der Waals surface area contributed by atoms with Gasteiger partial charge in [0.1, 0.15) is 12.4 Å². The van der Waals surface area contributed by atoms with Crippen LogP contribution >= 0.6 is 11.6 Å². The molecule has 0 saturated carbocycles. The number of halogens is 1. The van der Waals surface area contributed by atoms with Crippen LogP contribution in [0.1, 0.15) is 28.7 Å². The van der Waals surface area contributed by atoms with E-state index < -0.39 is 0 Å². The van der Waals surface area contributed by atoms with Gasteiger partial charge in [0.25, 0.3) is 0 Å². The van der Waals surface area contributed by atoms with Crippen LogP contribution in [-0.2, 0) is 19.4 Å². The summed E-state index contributed by atoms with van der Waals surface area (Å²) in [4.78, 5) is 0. The molecule has 0 N–H and O–H groups in total. The van der Waals surface area contributed by atoms with Crippen molar-refractivity contribution in [3.8, 4) is 17.6 Å². The summed E-state index contributed by atoms with van der Waals surface area (Å²) in [5.74, 6) is 7.05. The number of hydrogen-bond donors (Lipinski definition) is 0. The van der Waals surface area contributed by atoms with Gasteiger partial charge in [0, 0.05) is 5.56 Å². The average Bonchev–Trinajstić information content (AvgIpc) is 2.99. The maximum Gasteiger partial charge on any atom is 0.121 e. The first-order valence-corrected chi connectivity index (χ1v) is 7.77. The highest BCUT2D eigenvalue weighted by Crippen LogP contribution is 2.23. The van der Waals surface area contributed by atoms with Crippen LogP contribution in [0.4, 0.5) is 0 Å². The summed E-state index contributed by atoms with van der Waals surface area (Å²) in [6.45, 7) is 0.597. The van der Waals surface area contributed by atoms with E-state index in [9.17, 15) is 0 Å². The van der Waals surface area contributed by atoms with E-state index in [0.29, 0.717) is 12.5 Å². The third kappa shape index (κ3) is 3.60. The smallest absolute Gasteiger partial charge is 0.121 e. The largest absolute Gasteiger partial charge is 0.489 e. The second kappa shape index (κ2) is 6.70. The lowest BCUT2D eigenvalue weighted by atomic mass is 10.1. The van der Waals surface area contributed by atoms with Crippen molar-refractivity contribution in [1.29, 1.82) is 0 Å². The Kier molecular flexibility index (Phi) is 4.48. The van der Waals surface area contributed by atoms with Gasteiger partial charge in [-0.15, -0.1) is 11.6 Å². The molecule has 0 heterocycles. The molecule has 2 aromatic rings. The first-order chi connectivity index (χ1) is 10.3. The van der Waals surface area contributed by atoms with Gasteiger partial charge in [0.05, 0.1) is 5.88 Å². The van der Waals surface area contributed by atoms with E-state index in [4.69, 9.17) is 16.3 Å². The number of benzene rings is 2. The van der Waals surface area contributed by atoms with Crippen LogP contribution in [0.15, 0.2) is 42.5 Å². The second-order valence-electron chi connectivity index (χ2n) is 5.21. The minimum atomic E-state index is 0.347. The zero-order valence-corrected chi connectivity index (χ0v) is 12.6. The first kappa shape index (κ1) is 14.0. The molecule has 2 heteroatoms. The molecule has 0 bridgehead atoms. The van der Waals surface area contributed by atoms with Crippen molar-refractivity contribution in [1.82, 2.24) is 0 Å². The molecule has 0 radical (unpaired) electrons. The highest BCUT2D eigenvalue weighted by molar-refractivity contribution is 6.19. The third-order valence-electron chi connectivity index (χ3n) is 3.70. The van der Waals surface area contributed by atoms with Crippen LogP contribution < -0.4 is 4.74 Å². The maximum absolute atomic E-state index is 5.87. The maximum atomic E-state index is 5.87. The van der Waals surface area contributed by atoms with Crippen molar-refractivity contribution in [2.24, 2.45) is 0 Å². The van der Waals surface area contributed by atoms with E-state index in [2.05, 4.69) is 30.0 Å². The minimum Gasteiger partial charge on any atom is -0.489 e. The predicted molar refractivity (Wildman–Crippen MR) is 86.8 cm³/mol. The van der Waals surface area contributed by atoms with E-state index in [1.807, 2.05) is 24.3 Å². The Hall–Kier alpha value is -1.91. The Morgan fingerprint density at radius 3 is 2.86 bits per heavy atom. The summed E-state index contributed by atoms with van der Waals surface area (Å²) in [5, 5.41) is 0. The number of rotatable bonds is 3. The Morgan fingerprint density at radius 2 is 1.95 bits per heavy atom. The molecule has 0 fully saturated rings. The minimum absolute atomic E-state index is 0.347. The molecule has 0 atom stereocenters. The predicted octanol–water partition coefficient (Wildman–Crippen LogP) is 4.34. The fraction of sp³-hybridized carbons (Fsp3) is 0.263. The average molecular weight is 297 g/mol. The molecule has 3 rings (SSSR count). The lowest BCUT2D eigenvalue weighted by Gasteiger charge is -2.08. The van der Waals surface area contributed by atoms with Crippen LogP contribution in [0, 0.1) is 11.8 Å². The van der Waals surface area contributed by atoms with Gasteiger partial charge in [0.2, 0.25) is 0 Å². The van der Waals surface area contributed by atoms with Gasteiger partial charge >= 0.3 is 0 Å². The normalized spacial score (nSPS) is 12.4. The number of hydrogen-bond acceptors (Lipinski definition) is 1. The number of ether oxygens (including phenoxy) is 1. The van der Waals surface area contributed by atoms with Crippen LogP contribution in [-0.4, -0.2) is 5.88 Å². The number of fused-ring (bicyclic) bond motifs is 1. The summed E-state index contributed by atoms with van der Waals surface area (Å²) < 4.78 is 5.87. The summed E-state index contributed by atoms with van der Waals surface area (Å²) in [7, 11) is 0. The van der Waals surface area contributed by atoms with Gasteiger partial charge < -0.3 is 4.74 Å². The Bertz CT molecular complexity index is 694. The third-order valence-corrected chi connectivity index (χ3v) is 3.84. The molecule has 0 unspecified atom stereocenters. The standard InChI is InChI=1S/C19H17ClO/c20-11-3-5-15-4-1-8-19(13-15)21-14-16-9-10-17-6-2-7-18(17)12-16/h1,4,8-10,12-13H,2,6-7,11,14H2. The van der Waals surface area contributed by atoms with Gasteiger partial charge in [-0.2, -0.15) is 0 Å². The van der Waals surface area contributed by atoms with Gasteiger partial charge in [-0.1, -0.05) is 36.1 Å². The van der Waals surface area contributed by atoms with E-state index in [1.54, 1.807) is 0 Å². The summed E-state index contributed by atoms with van der Waals surface area (Å²) >= 11 is 5.57. The van der Waals surface area contributed by atoms with E-state index in [0.717, 1.165) is 11.3 Å². The van der Waals surface area contributed by atoms with Gasteiger partial charge in [0.15, 0.2) is 0 Å². The number of aryl methyl sites for hydroxylation is 2. The van der Waals surface area contributed by atoms with Crippen molar-refractivity contribution in [3.05, 3.63) is 64.7 Å². The molecule has 0 aliphatic heterocycles. The first-order valence-electron chi connectivity index (χ1n) is 7.23. The number of alkyl halides is 1. The molecule has 0 spiro atoms. The van der Waals surface area contributed by atoms with Crippen molar-refractivity contribution >= 4 is 11.6 Å². The van der Waals surface area contributed by atoms with Crippen LogP contribution in [0.3, 0.4) is 0 Å². The fourth-order valence-electron chi connectivity index (χ4n) is 2.68. The Labute approximate surface area is 130 Å².